The number of aromatic nitrogens is 2. The Hall–Kier alpha value is -1.90. The smallest absolute Gasteiger partial charge is 0.262 e. The molecule has 0 bridgehead atoms. The molecule has 5 nitrogen and oxygen atoms in total. The van der Waals surface area contributed by atoms with Crippen molar-refractivity contribution in [2.24, 2.45) is 0 Å². The second-order valence-electron chi connectivity index (χ2n) is 6.00. The topological polar surface area (TPSA) is 64.0 Å². The number of nitrogens with one attached hydrogen (secondary N) is 1. The normalized spacial score (nSPS) is 11.6. The van der Waals surface area contributed by atoms with Gasteiger partial charge in [-0.3, -0.25) is 9.40 Å². The van der Waals surface area contributed by atoms with Crippen LogP contribution >= 0.6 is 27.5 Å². The number of anilines is 1. The quantitative estimate of drug-likeness (QED) is 0.574. The molecule has 3 aromatic rings. The Morgan fingerprint density at radius 2 is 1.85 bits per heavy atom. The van der Waals surface area contributed by atoms with E-state index < -0.39 is 15.8 Å². The monoisotopic (exact) mass is 471 g/mol. The van der Waals surface area contributed by atoms with Crippen LogP contribution in [-0.2, 0) is 16.6 Å². The summed E-state index contributed by atoms with van der Waals surface area (Å²) in [6.45, 7) is 3.78. The molecule has 2 aromatic carbocycles. The van der Waals surface area contributed by atoms with E-state index in [-0.39, 0.29) is 4.90 Å². The summed E-state index contributed by atoms with van der Waals surface area (Å²) in [6, 6.07) is 10.5. The molecule has 0 aliphatic heterocycles. The van der Waals surface area contributed by atoms with Crippen molar-refractivity contribution in [3.8, 4) is 0 Å². The Morgan fingerprint density at radius 3 is 2.48 bits per heavy atom. The third-order valence-electron chi connectivity index (χ3n) is 4.08. The van der Waals surface area contributed by atoms with Crippen LogP contribution in [0.3, 0.4) is 0 Å². The number of hydrogen-bond acceptors (Lipinski definition) is 3. The predicted octanol–water partition coefficient (Wildman–Crippen LogP) is 4.90. The minimum atomic E-state index is -3.75. The first-order valence-corrected chi connectivity index (χ1v) is 10.6. The minimum Gasteiger partial charge on any atom is -0.276 e. The summed E-state index contributed by atoms with van der Waals surface area (Å²) in [7, 11) is -3.75. The largest absolute Gasteiger partial charge is 0.276 e. The zero-order valence-corrected chi connectivity index (χ0v) is 17.7. The molecule has 27 heavy (non-hydrogen) atoms. The Morgan fingerprint density at radius 1 is 1.19 bits per heavy atom. The maximum Gasteiger partial charge on any atom is 0.262 e. The van der Waals surface area contributed by atoms with Crippen molar-refractivity contribution < 1.29 is 12.8 Å². The lowest BCUT2D eigenvalue weighted by Gasteiger charge is -2.10. The van der Waals surface area contributed by atoms with Gasteiger partial charge in [0.25, 0.3) is 10.0 Å². The maximum atomic E-state index is 13.2. The van der Waals surface area contributed by atoms with Crippen LogP contribution in [0.25, 0.3) is 0 Å². The zero-order valence-electron chi connectivity index (χ0n) is 14.5. The van der Waals surface area contributed by atoms with Crippen LogP contribution in [-0.4, -0.2) is 18.2 Å². The predicted molar refractivity (Wildman–Crippen MR) is 107 cm³/mol. The first kappa shape index (κ1) is 19.9. The fourth-order valence-electron chi connectivity index (χ4n) is 2.62. The summed E-state index contributed by atoms with van der Waals surface area (Å²) < 4.78 is 43.5. The van der Waals surface area contributed by atoms with Gasteiger partial charge in [-0.25, -0.2) is 12.8 Å². The van der Waals surface area contributed by atoms with E-state index >= 15 is 0 Å². The molecule has 0 radical (unpaired) electrons. The molecule has 0 aliphatic carbocycles. The molecule has 0 aliphatic rings. The molecule has 1 aromatic heterocycles. The number of halogens is 3. The van der Waals surface area contributed by atoms with Gasteiger partial charge in [-0.1, -0.05) is 33.6 Å². The Bertz CT molecular complexity index is 1100. The van der Waals surface area contributed by atoms with Crippen LogP contribution in [0.2, 0.25) is 5.02 Å². The molecule has 3 rings (SSSR count). The zero-order chi connectivity index (χ0) is 19.8. The summed E-state index contributed by atoms with van der Waals surface area (Å²) in [4.78, 5) is 0.152. The van der Waals surface area contributed by atoms with Crippen molar-refractivity contribution in [1.29, 1.82) is 0 Å². The lowest BCUT2D eigenvalue weighted by atomic mass is 10.2. The summed E-state index contributed by atoms with van der Waals surface area (Å²) in [5.41, 5.74) is 2.27. The van der Waals surface area contributed by atoms with Crippen molar-refractivity contribution in [3.05, 3.63) is 74.7 Å². The third-order valence-corrected chi connectivity index (χ3v) is 6.32. The van der Waals surface area contributed by atoms with E-state index in [4.69, 9.17) is 11.6 Å². The first-order valence-electron chi connectivity index (χ1n) is 7.93. The molecule has 0 amide bonds. The standard InChI is InChI=1S/C18H16BrClFN3O2S/c1-11-18(23-27(25,26)16-7-4-14(19)5-8-16)12(2)24(22-11)10-13-3-6-15(21)9-17(13)20/h3-9,23H,10H2,1-2H3. The fourth-order valence-corrected chi connectivity index (χ4v) is 4.28. The highest BCUT2D eigenvalue weighted by atomic mass is 79.9. The number of benzene rings is 2. The molecule has 1 N–H and O–H groups in total. The van der Waals surface area contributed by atoms with Gasteiger partial charge in [0.2, 0.25) is 0 Å². The van der Waals surface area contributed by atoms with Crippen LogP contribution in [0.5, 0.6) is 0 Å². The van der Waals surface area contributed by atoms with Crippen LogP contribution in [0.4, 0.5) is 10.1 Å². The van der Waals surface area contributed by atoms with Gasteiger partial charge in [0.1, 0.15) is 5.82 Å². The van der Waals surface area contributed by atoms with Crippen LogP contribution in [0.15, 0.2) is 51.8 Å². The third kappa shape index (κ3) is 4.34. The van der Waals surface area contributed by atoms with E-state index in [0.29, 0.717) is 34.2 Å². The maximum absolute atomic E-state index is 13.2. The molecule has 1 heterocycles. The Labute approximate surface area is 170 Å². The van der Waals surface area contributed by atoms with Gasteiger partial charge in [0, 0.05) is 9.50 Å². The van der Waals surface area contributed by atoms with E-state index in [1.807, 2.05) is 0 Å². The summed E-state index contributed by atoms with van der Waals surface area (Å²) in [6.07, 6.45) is 0. The minimum absolute atomic E-state index is 0.152. The van der Waals surface area contributed by atoms with Crippen LogP contribution in [0, 0.1) is 19.7 Å². The van der Waals surface area contributed by atoms with Crippen molar-refractivity contribution in [1.82, 2.24) is 9.78 Å². The molecular formula is C18H16BrClFN3O2S. The number of nitrogens with zero attached hydrogens (tertiary/aromatic N) is 2. The number of aryl methyl sites for hydroxylation is 1. The van der Waals surface area contributed by atoms with Crippen molar-refractivity contribution in [2.75, 3.05) is 4.72 Å². The molecule has 0 fully saturated rings. The number of sulfonamides is 1. The highest BCUT2D eigenvalue weighted by molar-refractivity contribution is 9.10. The second kappa shape index (κ2) is 7.61. The molecule has 0 saturated heterocycles. The molecule has 142 valence electrons. The van der Waals surface area contributed by atoms with Crippen molar-refractivity contribution >= 4 is 43.2 Å². The fraction of sp³-hybridized carbons (Fsp3) is 0.167. The van der Waals surface area contributed by atoms with Crippen LogP contribution in [0.1, 0.15) is 17.0 Å². The lowest BCUT2D eigenvalue weighted by molar-refractivity contribution is 0.601. The Balaban J connectivity index is 1.90. The van der Waals surface area contributed by atoms with E-state index in [1.165, 1.54) is 24.3 Å². The SMILES string of the molecule is Cc1nn(Cc2ccc(F)cc2Cl)c(C)c1NS(=O)(=O)c1ccc(Br)cc1. The first-order chi connectivity index (χ1) is 12.7. The van der Waals surface area contributed by atoms with Gasteiger partial charge >= 0.3 is 0 Å². The number of hydrogen-bond donors (Lipinski definition) is 1. The second-order valence-corrected chi connectivity index (χ2v) is 9.00. The summed E-state index contributed by atoms with van der Waals surface area (Å²) in [5, 5.41) is 4.68. The van der Waals surface area contributed by atoms with E-state index in [1.54, 1.807) is 36.7 Å². The highest BCUT2D eigenvalue weighted by Crippen LogP contribution is 2.26. The van der Waals surface area contributed by atoms with Crippen molar-refractivity contribution in [3.63, 3.8) is 0 Å². The lowest BCUT2D eigenvalue weighted by Crippen LogP contribution is -2.14. The van der Waals surface area contributed by atoms with Crippen LogP contribution < -0.4 is 4.72 Å². The molecular weight excluding hydrogens is 457 g/mol. The molecule has 0 spiro atoms. The number of rotatable bonds is 5. The van der Waals surface area contributed by atoms with E-state index in [2.05, 4.69) is 25.8 Å². The molecule has 0 unspecified atom stereocenters. The van der Waals surface area contributed by atoms with Crippen molar-refractivity contribution in [2.45, 2.75) is 25.3 Å². The van der Waals surface area contributed by atoms with Gasteiger partial charge in [0.05, 0.1) is 28.5 Å². The summed E-state index contributed by atoms with van der Waals surface area (Å²) >= 11 is 9.37. The molecule has 0 atom stereocenters. The summed E-state index contributed by atoms with van der Waals surface area (Å²) in [5.74, 6) is -0.417. The van der Waals surface area contributed by atoms with Gasteiger partial charge in [-0.2, -0.15) is 5.10 Å². The van der Waals surface area contributed by atoms with Gasteiger partial charge in [0.15, 0.2) is 0 Å². The average molecular weight is 473 g/mol. The molecule has 9 heteroatoms. The van der Waals surface area contributed by atoms with Gasteiger partial charge < -0.3 is 0 Å². The molecule has 0 saturated carbocycles. The average Bonchev–Trinajstić information content (AvgIpc) is 2.85. The van der Waals surface area contributed by atoms with E-state index in [9.17, 15) is 12.8 Å². The van der Waals surface area contributed by atoms with Gasteiger partial charge in [-0.05, 0) is 55.8 Å². The highest BCUT2D eigenvalue weighted by Gasteiger charge is 2.20. The van der Waals surface area contributed by atoms with Gasteiger partial charge in [-0.15, -0.1) is 0 Å². The Kier molecular flexibility index (Phi) is 5.60. The van der Waals surface area contributed by atoms with E-state index in [0.717, 1.165) is 4.47 Å².